The van der Waals surface area contributed by atoms with Crippen LogP contribution in [-0.2, 0) is 9.53 Å². The second kappa shape index (κ2) is 8.08. The van der Waals surface area contributed by atoms with Crippen LogP contribution in [0.3, 0.4) is 0 Å². The smallest absolute Gasteiger partial charge is 0.234 e. The van der Waals surface area contributed by atoms with E-state index in [1.807, 2.05) is 11.9 Å². The summed E-state index contributed by atoms with van der Waals surface area (Å²) in [6.45, 7) is 1.46. The number of amides is 1. The van der Waals surface area contributed by atoms with Gasteiger partial charge < -0.3 is 20.3 Å². The minimum atomic E-state index is -0.826. The molecule has 1 saturated carbocycles. The zero-order chi connectivity index (χ0) is 15.2. The molecule has 0 spiro atoms. The standard InChI is InChI=1S/C15H28N2O4/c1-17(7-11-9-21-10-13(18)15(11)20)8-14(19)16-12-5-3-2-4-6-12/h11-13,15,18,20H,2-10H2,1H3,(H,16,19)/t11-,13-,15+/m1/s1. The zero-order valence-electron chi connectivity index (χ0n) is 12.8. The van der Waals surface area contributed by atoms with Gasteiger partial charge in [-0.2, -0.15) is 0 Å². The van der Waals surface area contributed by atoms with E-state index in [9.17, 15) is 15.0 Å². The second-order valence-electron chi connectivity index (χ2n) is 6.45. The second-order valence-corrected chi connectivity index (χ2v) is 6.45. The SMILES string of the molecule is CN(CC(=O)NC1CCCCC1)C[C@@H]1COC[C@@H](O)[C@H]1O. The molecular formula is C15H28N2O4. The van der Waals surface area contributed by atoms with Gasteiger partial charge in [-0.05, 0) is 19.9 Å². The third-order valence-electron chi connectivity index (χ3n) is 4.43. The third-order valence-corrected chi connectivity index (χ3v) is 4.43. The Morgan fingerprint density at radius 3 is 2.67 bits per heavy atom. The number of carbonyl (C=O) groups excluding carboxylic acids is 1. The van der Waals surface area contributed by atoms with Gasteiger partial charge in [-0.25, -0.2) is 0 Å². The van der Waals surface area contributed by atoms with E-state index in [-0.39, 0.29) is 18.4 Å². The molecule has 1 amide bonds. The summed E-state index contributed by atoms with van der Waals surface area (Å²) < 4.78 is 5.25. The minimum Gasteiger partial charge on any atom is -0.390 e. The van der Waals surface area contributed by atoms with Crippen LogP contribution in [0.25, 0.3) is 0 Å². The average Bonchev–Trinajstić information content (AvgIpc) is 2.44. The van der Waals surface area contributed by atoms with Crippen LogP contribution in [0.4, 0.5) is 0 Å². The van der Waals surface area contributed by atoms with Crippen molar-refractivity contribution in [2.24, 2.45) is 5.92 Å². The summed E-state index contributed by atoms with van der Waals surface area (Å²) in [5.74, 6) is -0.114. The molecule has 1 aliphatic heterocycles. The van der Waals surface area contributed by atoms with Crippen LogP contribution in [0, 0.1) is 5.92 Å². The van der Waals surface area contributed by atoms with Crippen molar-refractivity contribution in [3.05, 3.63) is 0 Å². The van der Waals surface area contributed by atoms with Crippen molar-refractivity contribution in [1.82, 2.24) is 10.2 Å². The average molecular weight is 300 g/mol. The molecule has 0 aromatic rings. The van der Waals surface area contributed by atoms with Crippen molar-refractivity contribution in [2.75, 3.05) is 33.4 Å². The number of ether oxygens (including phenoxy) is 1. The van der Waals surface area contributed by atoms with Gasteiger partial charge in [-0.15, -0.1) is 0 Å². The summed E-state index contributed by atoms with van der Waals surface area (Å²) >= 11 is 0. The van der Waals surface area contributed by atoms with Gasteiger partial charge in [0.25, 0.3) is 0 Å². The Morgan fingerprint density at radius 2 is 1.95 bits per heavy atom. The van der Waals surface area contributed by atoms with Crippen LogP contribution in [-0.4, -0.2) is 72.6 Å². The molecule has 0 bridgehead atoms. The van der Waals surface area contributed by atoms with E-state index in [0.29, 0.717) is 25.7 Å². The fraction of sp³-hybridized carbons (Fsp3) is 0.933. The van der Waals surface area contributed by atoms with E-state index in [1.54, 1.807) is 0 Å². The number of carbonyl (C=O) groups is 1. The summed E-state index contributed by atoms with van der Waals surface area (Å²) in [6.07, 6.45) is 4.23. The Morgan fingerprint density at radius 1 is 1.24 bits per heavy atom. The zero-order valence-corrected chi connectivity index (χ0v) is 12.8. The highest BCUT2D eigenvalue weighted by Crippen LogP contribution is 2.18. The molecule has 1 aliphatic carbocycles. The number of aliphatic hydroxyl groups excluding tert-OH is 2. The first-order valence-corrected chi connectivity index (χ1v) is 7.98. The van der Waals surface area contributed by atoms with E-state index < -0.39 is 12.2 Å². The molecule has 122 valence electrons. The van der Waals surface area contributed by atoms with E-state index >= 15 is 0 Å². The highest BCUT2D eigenvalue weighted by molar-refractivity contribution is 5.78. The Balaban J connectivity index is 1.70. The van der Waals surface area contributed by atoms with Crippen molar-refractivity contribution in [3.63, 3.8) is 0 Å². The first-order valence-electron chi connectivity index (χ1n) is 7.98. The lowest BCUT2D eigenvalue weighted by molar-refractivity contribution is -0.130. The lowest BCUT2D eigenvalue weighted by atomic mass is 9.95. The molecule has 0 unspecified atom stereocenters. The van der Waals surface area contributed by atoms with Crippen molar-refractivity contribution in [2.45, 2.75) is 50.4 Å². The van der Waals surface area contributed by atoms with Crippen LogP contribution in [0.2, 0.25) is 0 Å². The maximum absolute atomic E-state index is 12.0. The summed E-state index contributed by atoms with van der Waals surface area (Å²) in [5.41, 5.74) is 0. The normalized spacial score (nSPS) is 31.3. The number of nitrogens with one attached hydrogen (secondary N) is 1. The topological polar surface area (TPSA) is 82.0 Å². The number of likely N-dealkylation sites (N-methyl/N-ethyl adjacent to an activating group) is 1. The Hall–Kier alpha value is -0.690. The third kappa shape index (κ3) is 5.21. The largest absolute Gasteiger partial charge is 0.390 e. The molecule has 2 aliphatic rings. The molecule has 1 saturated heterocycles. The lowest BCUT2D eigenvalue weighted by Gasteiger charge is -2.34. The van der Waals surface area contributed by atoms with Gasteiger partial charge in [0.05, 0.1) is 25.9 Å². The molecule has 21 heavy (non-hydrogen) atoms. The molecule has 2 fully saturated rings. The van der Waals surface area contributed by atoms with Gasteiger partial charge in [0.2, 0.25) is 5.91 Å². The lowest BCUT2D eigenvalue weighted by Crippen LogP contribution is -2.49. The molecule has 0 aromatic carbocycles. The van der Waals surface area contributed by atoms with Gasteiger partial charge in [0.1, 0.15) is 6.10 Å². The summed E-state index contributed by atoms with van der Waals surface area (Å²) in [6, 6.07) is 0.324. The molecule has 1 heterocycles. The van der Waals surface area contributed by atoms with Crippen molar-refractivity contribution < 1.29 is 19.7 Å². The van der Waals surface area contributed by atoms with Crippen molar-refractivity contribution >= 4 is 5.91 Å². The van der Waals surface area contributed by atoms with Gasteiger partial charge in [-0.1, -0.05) is 19.3 Å². The first kappa shape index (κ1) is 16.7. The van der Waals surface area contributed by atoms with Gasteiger partial charge >= 0.3 is 0 Å². The van der Waals surface area contributed by atoms with Crippen LogP contribution in [0.15, 0.2) is 0 Å². The fourth-order valence-corrected chi connectivity index (χ4v) is 3.24. The number of hydrogen-bond donors (Lipinski definition) is 3. The maximum atomic E-state index is 12.0. The number of nitrogens with zero attached hydrogens (tertiary/aromatic N) is 1. The van der Waals surface area contributed by atoms with E-state index in [4.69, 9.17) is 4.74 Å². The Bertz CT molecular complexity index is 334. The molecule has 3 atom stereocenters. The summed E-state index contributed by atoms with van der Waals surface area (Å²) in [5, 5.41) is 22.6. The van der Waals surface area contributed by atoms with Crippen LogP contribution >= 0.6 is 0 Å². The van der Waals surface area contributed by atoms with Crippen molar-refractivity contribution in [1.29, 1.82) is 0 Å². The van der Waals surface area contributed by atoms with Crippen LogP contribution in [0.5, 0.6) is 0 Å². The highest BCUT2D eigenvalue weighted by Gasteiger charge is 2.32. The molecule has 0 radical (unpaired) electrons. The Kier molecular flexibility index (Phi) is 6.41. The number of hydrogen-bond acceptors (Lipinski definition) is 5. The molecule has 6 nitrogen and oxygen atoms in total. The summed E-state index contributed by atoms with van der Waals surface area (Å²) in [4.78, 5) is 13.9. The van der Waals surface area contributed by atoms with E-state index in [2.05, 4.69) is 5.32 Å². The molecular weight excluding hydrogens is 272 g/mol. The summed E-state index contributed by atoms with van der Waals surface area (Å²) in [7, 11) is 1.86. The maximum Gasteiger partial charge on any atom is 0.234 e. The minimum absolute atomic E-state index is 0.0381. The molecule has 2 rings (SSSR count). The van der Waals surface area contributed by atoms with Gasteiger partial charge in [0, 0.05) is 18.5 Å². The fourth-order valence-electron chi connectivity index (χ4n) is 3.24. The highest BCUT2D eigenvalue weighted by atomic mass is 16.5. The van der Waals surface area contributed by atoms with Crippen molar-refractivity contribution in [3.8, 4) is 0 Å². The number of rotatable bonds is 5. The van der Waals surface area contributed by atoms with Gasteiger partial charge in [0.15, 0.2) is 0 Å². The predicted molar refractivity (Wildman–Crippen MR) is 78.8 cm³/mol. The van der Waals surface area contributed by atoms with E-state index in [1.165, 1.54) is 19.3 Å². The molecule has 6 heteroatoms. The van der Waals surface area contributed by atoms with Crippen LogP contribution in [0.1, 0.15) is 32.1 Å². The predicted octanol–water partition coefficient (Wildman–Crippen LogP) is -0.265. The van der Waals surface area contributed by atoms with Gasteiger partial charge in [-0.3, -0.25) is 9.69 Å². The quantitative estimate of drug-likeness (QED) is 0.651. The first-order chi connectivity index (χ1) is 10.1. The van der Waals surface area contributed by atoms with Crippen LogP contribution < -0.4 is 5.32 Å². The number of aliphatic hydroxyl groups is 2. The molecule has 0 aromatic heterocycles. The molecule has 3 N–H and O–H groups in total. The monoisotopic (exact) mass is 300 g/mol. The van der Waals surface area contributed by atoms with E-state index in [0.717, 1.165) is 12.8 Å². The Labute approximate surface area is 126 Å².